The summed E-state index contributed by atoms with van der Waals surface area (Å²) in [4.78, 5) is 26.4. The largest absolute Gasteiger partial charge is 0.482 e. The van der Waals surface area contributed by atoms with E-state index in [1.165, 1.54) is 33.5 Å². The number of rotatable bonds is 5. The van der Waals surface area contributed by atoms with Crippen LogP contribution >= 0.6 is 0 Å². The summed E-state index contributed by atoms with van der Waals surface area (Å²) >= 11 is 0. The Morgan fingerprint density at radius 1 is 1.18 bits per heavy atom. The number of amides is 2. The minimum atomic E-state index is -3.75. The number of hydrogen-bond acceptors (Lipinski definition) is 5. The Hall–Kier alpha value is -2.98. The van der Waals surface area contributed by atoms with Crippen molar-refractivity contribution in [2.75, 3.05) is 36.5 Å². The molecule has 0 atom stereocenters. The Balaban J connectivity index is 1.57. The first-order valence-electron chi connectivity index (χ1n) is 10.8. The van der Waals surface area contributed by atoms with E-state index in [9.17, 15) is 22.4 Å². The van der Waals surface area contributed by atoms with Gasteiger partial charge in [0.05, 0.1) is 10.6 Å². The number of piperidine rings is 1. The minimum absolute atomic E-state index is 0.0418. The van der Waals surface area contributed by atoms with Crippen molar-refractivity contribution in [3.63, 3.8) is 0 Å². The van der Waals surface area contributed by atoms with Crippen LogP contribution in [0.3, 0.4) is 0 Å². The zero-order valence-electron chi connectivity index (χ0n) is 18.5. The van der Waals surface area contributed by atoms with E-state index in [4.69, 9.17) is 4.74 Å². The van der Waals surface area contributed by atoms with E-state index in [0.29, 0.717) is 30.3 Å². The quantitative estimate of drug-likeness (QED) is 0.718. The van der Waals surface area contributed by atoms with E-state index in [-0.39, 0.29) is 29.4 Å². The van der Waals surface area contributed by atoms with Crippen LogP contribution in [0.2, 0.25) is 0 Å². The van der Waals surface area contributed by atoms with Gasteiger partial charge in [0.15, 0.2) is 6.61 Å². The number of nitrogens with one attached hydrogen (secondary N) is 1. The zero-order valence-corrected chi connectivity index (χ0v) is 19.3. The van der Waals surface area contributed by atoms with Crippen molar-refractivity contribution < 1.29 is 27.1 Å². The molecule has 4 rings (SSSR count). The van der Waals surface area contributed by atoms with Crippen molar-refractivity contribution in [3.05, 3.63) is 47.8 Å². The molecule has 2 aliphatic heterocycles. The molecule has 2 amide bonds. The third-order valence-electron chi connectivity index (χ3n) is 6.01. The highest BCUT2D eigenvalue weighted by atomic mass is 32.2. The summed E-state index contributed by atoms with van der Waals surface area (Å²) < 4.78 is 47.0. The lowest BCUT2D eigenvalue weighted by atomic mass is 10.0. The van der Waals surface area contributed by atoms with Gasteiger partial charge in [0, 0.05) is 18.8 Å². The molecule has 0 radical (unpaired) electrons. The maximum atomic E-state index is 13.8. The van der Waals surface area contributed by atoms with E-state index >= 15 is 0 Å². The lowest BCUT2D eigenvalue weighted by Crippen LogP contribution is -2.43. The molecule has 2 aliphatic rings. The number of fused-ring (bicyclic) bond motifs is 1. The van der Waals surface area contributed by atoms with Crippen LogP contribution < -0.4 is 15.0 Å². The summed E-state index contributed by atoms with van der Waals surface area (Å²) in [5.74, 6) is -0.689. The van der Waals surface area contributed by atoms with Crippen LogP contribution in [0.15, 0.2) is 41.3 Å². The fraction of sp³-hybridized carbons (Fsp3) is 0.391. The molecule has 0 saturated carbocycles. The average Bonchev–Trinajstić information content (AvgIpc) is 2.78. The van der Waals surface area contributed by atoms with Crippen LogP contribution in [0, 0.1) is 18.7 Å². The molecule has 33 heavy (non-hydrogen) atoms. The summed E-state index contributed by atoms with van der Waals surface area (Å²) in [5, 5.41) is 2.57. The van der Waals surface area contributed by atoms with Crippen molar-refractivity contribution >= 4 is 33.2 Å². The first-order valence-corrected chi connectivity index (χ1v) is 12.2. The van der Waals surface area contributed by atoms with Crippen molar-refractivity contribution in [1.82, 2.24) is 4.31 Å². The predicted molar refractivity (Wildman–Crippen MR) is 121 cm³/mol. The van der Waals surface area contributed by atoms with E-state index in [1.54, 1.807) is 19.1 Å². The van der Waals surface area contributed by atoms with Gasteiger partial charge >= 0.3 is 0 Å². The van der Waals surface area contributed by atoms with Crippen LogP contribution in [-0.2, 0) is 19.6 Å². The monoisotopic (exact) mass is 475 g/mol. The van der Waals surface area contributed by atoms with Crippen molar-refractivity contribution in [2.45, 2.75) is 31.6 Å². The number of carbonyl (C=O) groups is 2. The molecule has 1 fully saturated rings. The number of nitrogens with zero attached hydrogens (tertiary/aromatic N) is 2. The van der Waals surface area contributed by atoms with Gasteiger partial charge in [-0.05, 0) is 61.6 Å². The SMILES string of the molecule is Cc1ccc(NC(=O)CN2C(=O)COc3ccc(S(=O)(=O)N4CCC(C)CC4)cc32)cc1F. The number of anilines is 2. The molecule has 0 bridgehead atoms. The molecule has 2 heterocycles. The number of carbonyl (C=O) groups excluding carboxylic acids is 2. The fourth-order valence-corrected chi connectivity index (χ4v) is 5.40. The third kappa shape index (κ3) is 4.86. The van der Waals surface area contributed by atoms with Crippen molar-refractivity contribution in [1.29, 1.82) is 0 Å². The molecule has 0 spiro atoms. The summed E-state index contributed by atoms with van der Waals surface area (Å²) in [5.41, 5.74) is 0.921. The van der Waals surface area contributed by atoms with Crippen LogP contribution in [-0.4, -0.2) is 50.8 Å². The van der Waals surface area contributed by atoms with Gasteiger partial charge in [0.2, 0.25) is 15.9 Å². The molecular formula is C23H26FN3O5S. The van der Waals surface area contributed by atoms with Gasteiger partial charge in [-0.15, -0.1) is 0 Å². The fourth-order valence-electron chi connectivity index (χ4n) is 3.90. The topological polar surface area (TPSA) is 96.0 Å². The lowest BCUT2D eigenvalue weighted by molar-refractivity contribution is -0.123. The minimum Gasteiger partial charge on any atom is -0.482 e. The molecule has 2 aromatic rings. The molecule has 8 nitrogen and oxygen atoms in total. The highest BCUT2D eigenvalue weighted by Crippen LogP contribution is 2.35. The number of benzene rings is 2. The van der Waals surface area contributed by atoms with Gasteiger partial charge in [0.1, 0.15) is 18.1 Å². The predicted octanol–water partition coefficient (Wildman–Crippen LogP) is 2.92. The number of halogens is 1. The third-order valence-corrected chi connectivity index (χ3v) is 7.91. The normalized spacial score (nSPS) is 17.4. The van der Waals surface area contributed by atoms with Crippen molar-refractivity contribution in [3.8, 4) is 5.75 Å². The molecule has 0 aliphatic carbocycles. The Morgan fingerprint density at radius 3 is 2.61 bits per heavy atom. The van der Waals surface area contributed by atoms with Gasteiger partial charge in [-0.1, -0.05) is 13.0 Å². The van der Waals surface area contributed by atoms with Crippen LogP contribution in [0.4, 0.5) is 15.8 Å². The van der Waals surface area contributed by atoms with Crippen LogP contribution in [0.5, 0.6) is 5.75 Å². The van der Waals surface area contributed by atoms with Gasteiger partial charge < -0.3 is 10.1 Å². The van der Waals surface area contributed by atoms with Gasteiger partial charge in [-0.25, -0.2) is 12.8 Å². The Kier molecular flexibility index (Phi) is 6.40. The Morgan fingerprint density at radius 2 is 1.91 bits per heavy atom. The van der Waals surface area contributed by atoms with E-state index in [0.717, 1.165) is 12.8 Å². The number of sulfonamides is 1. The van der Waals surface area contributed by atoms with Crippen LogP contribution in [0.1, 0.15) is 25.3 Å². The summed E-state index contributed by atoms with van der Waals surface area (Å²) in [6, 6.07) is 8.63. The second kappa shape index (κ2) is 9.11. The standard InChI is InChI=1S/C23H26FN3O5S/c1-15-7-9-26(10-8-15)33(30,31)18-5-6-21-20(12-18)27(23(29)14-32-21)13-22(28)25-17-4-3-16(2)19(24)11-17/h3-6,11-12,15H,7-10,13-14H2,1-2H3,(H,25,28). The van der Waals surface area contributed by atoms with Gasteiger partial charge in [0.25, 0.3) is 5.91 Å². The highest BCUT2D eigenvalue weighted by molar-refractivity contribution is 7.89. The summed E-state index contributed by atoms with van der Waals surface area (Å²) in [6.07, 6.45) is 1.58. The molecular weight excluding hydrogens is 449 g/mol. The van der Waals surface area contributed by atoms with E-state index in [2.05, 4.69) is 12.2 Å². The van der Waals surface area contributed by atoms with E-state index in [1.807, 2.05) is 0 Å². The van der Waals surface area contributed by atoms with Gasteiger partial charge in [-0.3, -0.25) is 14.5 Å². The van der Waals surface area contributed by atoms with Crippen molar-refractivity contribution in [2.24, 2.45) is 5.92 Å². The molecule has 2 aromatic carbocycles. The molecule has 10 heteroatoms. The average molecular weight is 476 g/mol. The molecule has 1 N–H and O–H groups in total. The molecule has 0 aromatic heterocycles. The summed E-state index contributed by atoms with van der Waals surface area (Å²) in [6.45, 7) is 3.95. The smallest absolute Gasteiger partial charge is 0.265 e. The van der Waals surface area contributed by atoms with Gasteiger partial charge in [-0.2, -0.15) is 4.31 Å². The Labute approximate surface area is 192 Å². The number of aryl methyl sites for hydroxylation is 1. The number of hydrogen-bond donors (Lipinski definition) is 1. The second-order valence-corrected chi connectivity index (χ2v) is 10.4. The Bertz CT molecular complexity index is 1190. The van der Waals surface area contributed by atoms with Crippen LogP contribution in [0.25, 0.3) is 0 Å². The highest BCUT2D eigenvalue weighted by Gasteiger charge is 2.32. The number of ether oxygens (including phenoxy) is 1. The first-order chi connectivity index (χ1) is 15.6. The second-order valence-electron chi connectivity index (χ2n) is 8.50. The summed E-state index contributed by atoms with van der Waals surface area (Å²) in [7, 11) is -3.75. The maximum Gasteiger partial charge on any atom is 0.265 e. The molecule has 1 saturated heterocycles. The van der Waals surface area contributed by atoms with E-state index < -0.39 is 27.7 Å². The lowest BCUT2D eigenvalue weighted by Gasteiger charge is -2.31. The molecule has 0 unspecified atom stereocenters. The maximum absolute atomic E-state index is 13.8. The first kappa shape index (κ1) is 23.2. The molecule has 176 valence electrons. The zero-order chi connectivity index (χ0) is 23.8.